The first-order chi connectivity index (χ1) is 16.0. The van der Waals surface area contributed by atoms with Crippen LogP contribution in [0.4, 0.5) is 0 Å². The summed E-state index contributed by atoms with van der Waals surface area (Å²) in [6.45, 7) is 2.01. The van der Waals surface area contributed by atoms with Crippen molar-refractivity contribution in [1.82, 2.24) is 0 Å². The van der Waals surface area contributed by atoms with Gasteiger partial charge in [-0.1, -0.05) is 91.0 Å². The average molecular weight is 520 g/mol. The number of carbonyl (C=O) groups excluding carboxylic acids is 2. The van der Waals surface area contributed by atoms with Gasteiger partial charge in [-0.25, -0.2) is 0 Å². The van der Waals surface area contributed by atoms with Crippen LogP contribution >= 0.6 is 0 Å². The first-order valence-corrected chi connectivity index (χ1v) is 11.5. The normalized spacial score (nSPS) is 20.1. The SMILES string of the molecule is C[N+]1(CC(=O)c2ccccc2)CCC(C(=O)O/C(=C/c2ccccc2)c2ccccc2)CC1.[Br-]. The van der Waals surface area contributed by atoms with Crippen molar-refractivity contribution in [1.29, 1.82) is 0 Å². The summed E-state index contributed by atoms with van der Waals surface area (Å²) < 4.78 is 6.60. The number of benzene rings is 3. The predicted molar refractivity (Wildman–Crippen MR) is 131 cm³/mol. The molecule has 1 aliphatic heterocycles. The van der Waals surface area contributed by atoms with Crippen LogP contribution in [0.15, 0.2) is 91.0 Å². The molecule has 1 heterocycles. The Kier molecular flexibility index (Phi) is 8.97. The minimum absolute atomic E-state index is 0. The van der Waals surface area contributed by atoms with Gasteiger partial charge in [-0.2, -0.15) is 0 Å². The van der Waals surface area contributed by atoms with Crippen LogP contribution in [-0.4, -0.2) is 42.9 Å². The Morgan fingerprint density at radius 2 is 1.32 bits per heavy atom. The summed E-state index contributed by atoms with van der Waals surface area (Å²) in [4.78, 5) is 25.8. The van der Waals surface area contributed by atoms with Gasteiger partial charge < -0.3 is 26.2 Å². The first kappa shape index (κ1) is 25.6. The topological polar surface area (TPSA) is 43.4 Å². The number of rotatable bonds is 7. The standard InChI is InChI=1S/C29H30NO3.BrH/c1-30(22-27(31)24-13-7-3-8-14-24)19-17-26(18-20-30)29(32)33-28(25-15-9-4-10-16-25)21-23-11-5-2-6-12-23;/h2-16,21,26H,17-20,22H2,1H3;1H/q+1;/p-1/b28-21+;. The number of ether oxygens (including phenoxy) is 1. The molecule has 0 saturated carbocycles. The molecule has 34 heavy (non-hydrogen) atoms. The number of nitrogens with zero attached hydrogens (tertiary/aromatic N) is 1. The van der Waals surface area contributed by atoms with Gasteiger partial charge in [0.15, 0.2) is 0 Å². The summed E-state index contributed by atoms with van der Waals surface area (Å²) in [7, 11) is 2.10. The summed E-state index contributed by atoms with van der Waals surface area (Å²) >= 11 is 0. The average Bonchev–Trinajstić information content (AvgIpc) is 2.85. The molecule has 0 radical (unpaired) electrons. The van der Waals surface area contributed by atoms with Crippen molar-refractivity contribution < 1.29 is 35.8 Å². The first-order valence-electron chi connectivity index (χ1n) is 11.5. The molecular formula is C29H30BrNO3. The minimum Gasteiger partial charge on any atom is -1.00 e. The van der Waals surface area contributed by atoms with E-state index in [1.165, 1.54) is 0 Å². The molecule has 1 fully saturated rings. The molecule has 0 bridgehead atoms. The molecule has 0 aliphatic carbocycles. The van der Waals surface area contributed by atoms with Crippen LogP contribution in [0.3, 0.4) is 0 Å². The number of ketones is 1. The van der Waals surface area contributed by atoms with E-state index in [0.29, 0.717) is 29.6 Å². The largest absolute Gasteiger partial charge is 1.00 e. The highest BCUT2D eigenvalue weighted by Gasteiger charge is 2.36. The van der Waals surface area contributed by atoms with E-state index >= 15 is 0 Å². The highest BCUT2D eigenvalue weighted by Crippen LogP contribution is 2.27. The highest BCUT2D eigenvalue weighted by molar-refractivity contribution is 5.97. The maximum Gasteiger partial charge on any atom is 0.314 e. The lowest BCUT2D eigenvalue weighted by molar-refractivity contribution is -0.906. The van der Waals surface area contributed by atoms with Crippen LogP contribution < -0.4 is 17.0 Å². The zero-order valence-electron chi connectivity index (χ0n) is 19.4. The number of likely N-dealkylation sites (tertiary alicyclic amines) is 1. The predicted octanol–water partition coefficient (Wildman–Crippen LogP) is 2.47. The number of carbonyl (C=O) groups is 2. The molecule has 0 spiro atoms. The van der Waals surface area contributed by atoms with Crippen LogP contribution in [0.5, 0.6) is 0 Å². The van der Waals surface area contributed by atoms with Crippen LogP contribution in [0, 0.1) is 5.92 Å². The third-order valence-corrected chi connectivity index (χ3v) is 6.36. The Hall–Kier alpha value is -3.02. The Morgan fingerprint density at radius 3 is 1.88 bits per heavy atom. The van der Waals surface area contributed by atoms with Crippen LogP contribution in [-0.2, 0) is 9.53 Å². The van der Waals surface area contributed by atoms with Gasteiger partial charge in [0.1, 0.15) is 12.3 Å². The van der Waals surface area contributed by atoms with Gasteiger partial charge in [0.05, 0.1) is 26.1 Å². The smallest absolute Gasteiger partial charge is 0.314 e. The monoisotopic (exact) mass is 519 g/mol. The number of esters is 1. The van der Waals surface area contributed by atoms with E-state index in [0.717, 1.165) is 29.8 Å². The van der Waals surface area contributed by atoms with E-state index in [1.807, 2.05) is 97.1 Å². The summed E-state index contributed by atoms with van der Waals surface area (Å²) in [5, 5.41) is 0. The minimum atomic E-state index is -0.193. The lowest BCUT2D eigenvalue weighted by Crippen LogP contribution is -3.00. The van der Waals surface area contributed by atoms with Gasteiger partial charge in [-0.3, -0.25) is 9.59 Å². The van der Waals surface area contributed by atoms with Gasteiger partial charge in [-0.05, 0) is 11.6 Å². The number of Topliss-reactive ketones (excluding diaryl/α,β-unsaturated/α-hetero) is 1. The summed E-state index contributed by atoms with van der Waals surface area (Å²) in [5.41, 5.74) is 2.60. The Morgan fingerprint density at radius 1 is 0.824 bits per heavy atom. The van der Waals surface area contributed by atoms with Crippen LogP contribution in [0.2, 0.25) is 0 Å². The molecule has 4 rings (SSSR count). The van der Waals surface area contributed by atoms with E-state index in [2.05, 4.69) is 7.05 Å². The van der Waals surface area contributed by atoms with E-state index in [4.69, 9.17) is 4.74 Å². The van der Waals surface area contributed by atoms with E-state index < -0.39 is 0 Å². The summed E-state index contributed by atoms with van der Waals surface area (Å²) in [5.74, 6) is 0.359. The second-order valence-corrected chi connectivity index (χ2v) is 8.99. The zero-order chi connectivity index (χ0) is 23.1. The molecule has 0 N–H and O–H groups in total. The zero-order valence-corrected chi connectivity index (χ0v) is 21.0. The number of hydrogen-bond acceptors (Lipinski definition) is 3. The molecule has 176 valence electrons. The lowest BCUT2D eigenvalue weighted by Gasteiger charge is -2.39. The molecule has 0 unspecified atom stereocenters. The van der Waals surface area contributed by atoms with E-state index in [1.54, 1.807) is 0 Å². The molecule has 0 atom stereocenters. The maximum atomic E-state index is 13.1. The second-order valence-electron chi connectivity index (χ2n) is 8.99. The van der Waals surface area contributed by atoms with Crippen molar-refractivity contribution in [3.63, 3.8) is 0 Å². The molecule has 3 aromatic carbocycles. The van der Waals surface area contributed by atoms with Crippen molar-refractivity contribution in [2.24, 2.45) is 5.92 Å². The maximum absolute atomic E-state index is 13.1. The quantitative estimate of drug-likeness (QED) is 0.158. The molecule has 1 saturated heterocycles. The Labute approximate surface area is 212 Å². The number of halogens is 1. The van der Waals surface area contributed by atoms with Crippen molar-refractivity contribution in [2.45, 2.75) is 12.8 Å². The molecule has 0 aromatic heterocycles. The van der Waals surface area contributed by atoms with Gasteiger partial charge in [-0.15, -0.1) is 0 Å². The van der Waals surface area contributed by atoms with Crippen LogP contribution in [0.25, 0.3) is 11.8 Å². The summed E-state index contributed by atoms with van der Waals surface area (Å²) in [6.07, 6.45) is 3.34. The van der Waals surface area contributed by atoms with Gasteiger partial charge >= 0.3 is 5.97 Å². The number of likely N-dealkylation sites (N-methyl/N-ethyl adjacent to an activating group) is 1. The second kappa shape index (κ2) is 11.9. The van der Waals surface area contributed by atoms with E-state index in [-0.39, 0.29) is 34.7 Å². The Balaban J connectivity index is 0.00000324. The fourth-order valence-electron chi connectivity index (χ4n) is 4.31. The van der Waals surface area contributed by atoms with Crippen molar-refractivity contribution in [2.75, 3.05) is 26.7 Å². The lowest BCUT2D eigenvalue weighted by atomic mass is 9.94. The van der Waals surface area contributed by atoms with Crippen molar-refractivity contribution in [3.05, 3.63) is 108 Å². The van der Waals surface area contributed by atoms with Crippen molar-refractivity contribution in [3.8, 4) is 0 Å². The number of piperidine rings is 1. The molecule has 1 aliphatic rings. The fourth-order valence-corrected chi connectivity index (χ4v) is 4.31. The van der Waals surface area contributed by atoms with Crippen LogP contribution in [0.1, 0.15) is 34.3 Å². The summed E-state index contributed by atoms with van der Waals surface area (Å²) in [6, 6.07) is 29.0. The number of hydrogen-bond donors (Lipinski definition) is 0. The molecular weight excluding hydrogens is 490 g/mol. The third kappa shape index (κ3) is 6.75. The van der Waals surface area contributed by atoms with Gasteiger partial charge in [0, 0.05) is 24.0 Å². The molecule has 0 amide bonds. The van der Waals surface area contributed by atoms with E-state index in [9.17, 15) is 9.59 Å². The molecule has 5 heteroatoms. The van der Waals surface area contributed by atoms with Gasteiger partial charge in [0.25, 0.3) is 0 Å². The molecule has 3 aromatic rings. The van der Waals surface area contributed by atoms with Gasteiger partial charge in [0.2, 0.25) is 5.78 Å². The Bertz CT molecular complexity index is 1110. The third-order valence-electron chi connectivity index (χ3n) is 6.36. The number of quaternary nitrogens is 1. The molecule has 4 nitrogen and oxygen atoms in total. The fraction of sp³-hybridized carbons (Fsp3) is 0.241. The highest BCUT2D eigenvalue weighted by atomic mass is 79.9. The van der Waals surface area contributed by atoms with Crippen molar-refractivity contribution >= 4 is 23.6 Å².